The highest BCUT2D eigenvalue weighted by Crippen LogP contribution is 2.26. The Morgan fingerprint density at radius 1 is 1.23 bits per heavy atom. The lowest BCUT2D eigenvalue weighted by atomic mass is 10.2. The molecule has 0 saturated carbocycles. The van der Waals surface area contributed by atoms with Gasteiger partial charge in [0, 0.05) is 30.9 Å². The molecule has 0 unspecified atom stereocenters. The number of rotatable bonds is 5. The van der Waals surface area contributed by atoms with Gasteiger partial charge in [-0.2, -0.15) is 0 Å². The van der Waals surface area contributed by atoms with Gasteiger partial charge in [0.1, 0.15) is 0 Å². The van der Waals surface area contributed by atoms with Gasteiger partial charge in [-0.25, -0.2) is 0 Å². The number of carbonyl (C=O) groups excluding carboxylic acids is 1. The van der Waals surface area contributed by atoms with Crippen molar-refractivity contribution in [2.45, 2.75) is 13.3 Å². The van der Waals surface area contributed by atoms with Crippen LogP contribution in [0.25, 0.3) is 0 Å². The third-order valence-corrected chi connectivity index (χ3v) is 3.38. The number of benzene rings is 1. The molecule has 1 heterocycles. The third-order valence-electron chi connectivity index (χ3n) is 3.14. The Kier molecular flexibility index (Phi) is 5.22. The summed E-state index contributed by atoms with van der Waals surface area (Å²) in [5.41, 5.74) is 1.66. The molecule has 1 aromatic carbocycles. The average Bonchev–Trinajstić information content (AvgIpc) is 2.49. The van der Waals surface area contributed by atoms with Gasteiger partial charge >= 0.3 is 0 Å². The summed E-state index contributed by atoms with van der Waals surface area (Å²) in [5.74, 6) is -0.294. The van der Waals surface area contributed by atoms with Crippen molar-refractivity contribution in [1.82, 2.24) is 4.57 Å². The van der Waals surface area contributed by atoms with Crippen molar-refractivity contribution in [3.05, 3.63) is 57.5 Å². The number of amides is 1. The van der Waals surface area contributed by atoms with E-state index in [1.54, 1.807) is 19.2 Å². The zero-order valence-electron chi connectivity index (χ0n) is 12.5. The van der Waals surface area contributed by atoms with Gasteiger partial charge in [-0.15, -0.1) is 0 Å². The Morgan fingerprint density at radius 2 is 2.00 bits per heavy atom. The molecular weight excluding hydrogens is 302 g/mol. The number of nitrogens with one attached hydrogen (secondary N) is 2. The van der Waals surface area contributed by atoms with Crippen LogP contribution in [0.15, 0.2) is 41.3 Å². The normalized spacial score (nSPS) is 10.3. The predicted molar refractivity (Wildman–Crippen MR) is 89.9 cm³/mol. The number of hydrogen-bond acceptors (Lipinski definition) is 3. The summed E-state index contributed by atoms with van der Waals surface area (Å²) in [5, 5.41) is 6.60. The summed E-state index contributed by atoms with van der Waals surface area (Å²) in [6.07, 6.45) is 2.47. The molecule has 0 spiro atoms. The summed E-state index contributed by atoms with van der Waals surface area (Å²) in [7, 11) is 1.60. The summed E-state index contributed by atoms with van der Waals surface area (Å²) < 4.78 is 1.36. The maximum Gasteiger partial charge on any atom is 0.257 e. The Hall–Kier alpha value is -2.27. The van der Waals surface area contributed by atoms with Gasteiger partial charge in [0.05, 0.1) is 16.9 Å². The number of pyridine rings is 1. The molecule has 2 N–H and O–H groups in total. The molecule has 1 amide bonds. The van der Waals surface area contributed by atoms with E-state index in [2.05, 4.69) is 17.6 Å². The molecule has 5 nitrogen and oxygen atoms in total. The number of hydrogen-bond donors (Lipinski definition) is 2. The third kappa shape index (κ3) is 3.89. The van der Waals surface area contributed by atoms with E-state index in [0.29, 0.717) is 16.3 Å². The van der Waals surface area contributed by atoms with E-state index < -0.39 is 0 Å². The van der Waals surface area contributed by atoms with Crippen LogP contribution in [0.5, 0.6) is 0 Å². The lowest BCUT2D eigenvalue weighted by Gasteiger charge is -2.13. The Bertz CT molecular complexity index is 740. The number of nitrogens with zero attached hydrogens (tertiary/aromatic N) is 1. The fourth-order valence-electron chi connectivity index (χ4n) is 1.96. The van der Waals surface area contributed by atoms with Crippen LogP contribution in [0.4, 0.5) is 11.4 Å². The summed E-state index contributed by atoms with van der Waals surface area (Å²) in [4.78, 5) is 23.7. The van der Waals surface area contributed by atoms with Gasteiger partial charge in [-0.3, -0.25) is 9.59 Å². The second-order valence-electron chi connectivity index (χ2n) is 4.94. The maximum absolute atomic E-state index is 12.3. The summed E-state index contributed by atoms with van der Waals surface area (Å²) in [6.45, 7) is 2.86. The Morgan fingerprint density at radius 3 is 2.68 bits per heavy atom. The number of aryl methyl sites for hydroxylation is 1. The highest BCUT2D eigenvalue weighted by atomic mass is 35.5. The minimum absolute atomic E-state index is 0.162. The van der Waals surface area contributed by atoms with E-state index in [1.807, 2.05) is 6.07 Å². The van der Waals surface area contributed by atoms with Gasteiger partial charge in [-0.1, -0.05) is 18.5 Å². The zero-order valence-corrected chi connectivity index (χ0v) is 13.3. The molecule has 0 fully saturated rings. The van der Waals surface area contributed by atoms with Crippen molar-refractivity contribution in [2.75, 3.05) is 17.2 Å². The second-order valence-corrected chi connectivity index (χ2v) is 5.37. The first kappa shape index (κ1) is 16.1. The maximum atomic E-state index is 12.3. The Labute approximate surface area is 133 Å². The first-order valence-corrected chi connectivity index (χ1v) is 7.40. The molecule has 2 rings (SSSR count). The lowest BCUT2D eigenvalue weighted by Crippen LogP contribution is -2.20. The molecule has 0 aliphatic heterocycles. The van der Waals surface area contributed by atoms with Gasteiger partial charge in [0.25, 0.3) is 5.91 Å². The van der Waals surface area contributed by atoms with Crippen LogP contribution in [0.1, 0.15) is 23.7 Å². The smallest absolute Gasteiger partial charge is 0.257 e. The van der Waals surface area contributed by atoms with Crippen LogP contribution < -0.4 is 16.2 Å². The van der Waals surface area contributed by atoms with E-state index in [4.69, 9.17) is 11.6 Å². The fourth-order valence-corrected chi connectivity index (χ4v) is 2.13. The molecule has 0 saturated heterocycles. The van der Waals surface area contributed by atoms with Crippen molar-refractivity contribution in [3.63, 3.8) is 0 Å². The lowest BCUT2D eigenvalue weighted by molar-refractivity contribution is 0.102. The highest BCUT2D eigenvalue weighted by molar-refractivity contribution is 6.31. The molecule has 6 heteroatoms. The van der Waals surface area contributed by atoms with Crippen LogP contribution in [-0.4, -0.2) is 17.0 Å². The van der Waals surface area contributed by atoms with Crippen LogP contribution in [0, 0.1) is 0 Å². The second kappa shape index (κ2) is 7.13. The van der Waals surface area contributed by atoms with Gasteiger partial charge < -0.3 is 15.2 Å². The van der Waals surface area contributed by atoms with E-state index in [-0.39, 0.29) is 11.5 Å². The Balaban J connectivity index is 2.25. The number of anilines is 2. The molecule has 2 aromatic rings. The quantitative estimate of drug-likeness (QED) is 0.890. The molecule has 1 aromatic heterocycles. The average molecular weight is 320 g/mol. The van der Waals surface area contributed by atoms with Crippen LogP contribution in [-0.2, 0) is 7.05 Å². The first-order chi connectivity index (χ1) is 10.5. The van der Waals surface area contributed by atoms with Gasteiger partial charge in [-0.05, 0) is 30.7 Å². The molecule has 116 valence electrons. The summed E-state index contributed by atoms with van der Waals surface area (Å²) >= 11 is 6.00. The van der Waals surface area contributed by atoms with Crippen LogP contribution >= 0.6 is 11.6 Å². The van der Waals surface area contributed by atoms with Crippen LogP contribution in [0.3, 0.4) is 0 Å². The summed E-state index contributed by atoms with van der Waals surface area (Å²) in [6, 6.07) is 8.15. The van der Waals surface area contributed by atoms with Crippen molar-refractivity contribution < 1.29 is 4.79 Å². The van der Waals surface area contributed by atoms with Crippen LogP contribution in [0.2, 0.25) is 5.02 Å². The first-order valence-electron chi connectivity index (χ1n) is 7.02. The molecule has 0 radical (unpaired) electrons. The van der Waals surface area contributed by atoms with Crippen molar-refractivity contribution in [1.29, 1.82) is 0 Å². The molecule has 22 heavy (non-hydrogen) atoms. The zero-order chi connectivity index (χ0) is 16.1. The largest absolute Gasteiger partial charge is 0.383 e. The minimum atomic E-state index is -0.294. The van der Waals surface area contributed by atoms with E-state index in [0.717, 1.165) is 18.7 Å². The molecule has 0 bridgehead atoms. The fraction of sp³-hybridized carbons (Fsp3) is 0.250. The standard InChI is InChI=1S/C16H18ClN3O2/c1-3-8-18-13-6-5-12(17)9-14(13)19-16(22)11-4-7-15(21)20(2)10-11/h4-7,9-10,18H,3,8H2,1-2H3,(H,19,22). The monoisotopic (exact) mass is 319 g/mol. The van der Waals surface area contributed by atoms with Crippen molar-refractivity contribution in [3.8, 4) is 0 Å². The molecule has 0 aliphatic rings. The minimum Gasteiger partial charge on any atom is -0.383 e. The predicted octanol–water partition coefficient (Wildman–Crippen LogP) is 3.11. The number of halogens is 1. The highest BCUT2D eigenvalue weighted by Gasteiger charge is 2.10. The molecule has 0 aliphatic carbocycles. The van der Waals surface area contributed by atoms with Gasteiger partial charge in [0.2, 0.25) is 5.56 Å². The topological polar surface area (TPSA) is 63.1 Å². The van der Waals surface area contributed by atoms with E-state index >= 15 is 0 Å². The molecular formula is C16H18ClN3O2. The van der Waals surface area contributed by atoms with Crippen molar-refractivity contribution >= 4 is 28.9 Å². The molecule has 0 atom stereocenters. The van der Waals surface area contributed by atoms with Gasteiger partial charge in [0.15, 0.2) is 0 Å². The number of carbonyl (C=O) groups is 1. The van der Waals surface area contributed by atoms with E-state index in [9.17, 15) is 9.59 Å². The van der Waals surface area contributed by atoms with Crippen molar-refractivity contribution in [2.24, 2.45) is 7.05 Å². The number of aromatic nitrogens is 1. The SMILES string of the molecule is CCCNc1ccc(Cl)cc1NC(=O)c1ccc(=O)n(C)c1. The van der Waals surface area contributed by atoms with E-state index in [1.165, 1.54) is 22.9 Å².